The molecule has 0 saturated heterocycles. The first-order valence-electron chi connectivity index (χ1n) is 3.63. The minimum absolute atomic E-state index is 0.154. The van der Waals surface area contributed by atoms with Crippen LogP contribution in [0.3, 0.4) is 0 Å². The molecule has 0 amide bonds. The van der Waals surface area contributed by atoms with Crippen LogP contribution in [0.1, 0.15) is 13.0 Å². The first kappa shape index (κ1) is 6.98. The average Bonchev–Trinajstić information content (AvgIpc) is 2.35. The molecule has 1 atom stereocenters. The van der Waals surface area contributed by atoms with Crippen LogP contribution in [0.2, 0.25) is 0 Å². The minimum atomic E-state index is 0.154. The number of pyridine rings is 1. The molecule has 0 aromatic carbocycles. The van der Waals surface area contributed by atoms with Crippen LogP contribution in [0.4, 0.5) is 0 Å². The van der Waals surface area contributed by atoms with E-state index in [1.165, 1.54) is 0 Å². The number of nitrogens with zero attached hydrogens (tertiary/aromatic N) is 1. The lowest BCUT2D eigenvalue weighted by Crippen LogP contribution is -2.36. The molecular weight excluding hydrogens is 158 g/mol. The molecule has 0 saturated carbocycles. The van der Waals surface area contributed by atoms with Gasteiger partial charge in [-0.1, -0.05) is 17.8 Å². The predicted molar refractivity (Wildman–Crippen MR) is 41.5 cm³/mol. The fraction of sp³-hybridized carbons (Fsp3) is 0.375. The largest absolute Gasteiger partial charge is 0.868 e. The van der Waals surface area contributed by atoms with Crippen LogP contribution in [-0.2, 0) is 0 Å². The summed E-state index contributed by atoms with van der Waals surface area (Å²) in [5.41, 5.74) is 0. The Kier molecular flexibility index (Phi) is 1.53. The molecule has 0 bridgehead atoms. The Labute approximate surface area is 69.9 Å². The van der Waals surface area contributed by atoms with Crippen molar-refractivity contribution in [3.05, 3.63) is 18.3 Å². The van der Waals surface area contributed by atoms with Crippen molar-refractivity contribution in [2.24, 2.45) is 0 Å². The Bertz CT molecular complexity index is 287. The van der Waals surface area contributed by atoms with Crippen molar-refractivity contribution in [3.8, 4) is 5.75 Å². The first-order chi connectivity index (χ1) is 5.29. The minimum Gasteiger partial charge on any atom is -0.868 e. The van der Waals surface area contributed by atoms with E-state index in [2.05, 4.69) is 6.92 Å². The topological polar surface area (TPSA) is 26.9 Å². The van der Waals surface area contributed by atoms with E-state index in [1.54, 1.807) is 17.8 Å². The normalized spacial score (nSPS) is 21.7. The zero-order valence-electron chi connectivity index (χ0n) is 6.28. The number of rotatable bonds is 0. The third-order valence-corrected chi connectivity index (χ3v) is 3.21. The van der Waals surface area contributed by atoms with Crippen molar-refractivity contribution in [3.63, 3.8) is 0 Å². The van der Waals surface area contributed by atoms with Gasteiger partial charge in [0.2, 0.25) is 5.03 Å². The van der Waals surface area contributed by atoms with Crippen molar-refractivity contribution in [1.29, 1.82) is 0 Å². The molecule has 0 radical (unpaired) electrons. The summed E-state index contributed by atoms with van der Waals surface area (Å²) in [5, 5.41) is 12.1. The Morgan fingerprint density at radius 3 is 3.27 bits per heavy atom. The molecule has 1 aromatic heterocycles. The average molecular weight is 167 g/mol. The molecule has 1 unspecified atom stereocenters. The van der Waals surface area contributed by atoms with Crippen molar-refractivity contribution in [1.82, 2.24) is 0 Å². The summed E-state index contributed by atoms with van der Waals surface area (Å²) >= 11 is 1.65. The molecule has 0 spiro atoms. The lowest BCUT2D eigenvalue weighted by Gasteiger charge is -2.04. The van der Waals surface area contributed by atoms with E-state index in [1.807, 2.05) is 16.8 Å². The third-order valence-electron chi connectivity index (χ3n) is 1.88. The second-order valence-electron chi connectivity index (χ2n) is 2.74. The lowest BCUT2D eigenvalue weighted by atomic mass is 10.3. The zero-order valence-corrected chi connectivity index (χ0v) is 7.10. The second-order valence-corrected chi connectivity index (χ2v) is 3.75. The highest BCUT2D eigenvalue weighted by molar-refractivity contribution is 7.99. The number of hydrogen-bond acceptors (Lipinski definition) is 2. The maximum atomic E-state index is 11.2. The molecule has 11 heavy (non-hydrogen) atoms. The molecule has 2 heterocycles. The summed E-state index contributed by atoms with van der Waals surface area (Å²) in [4.78, 5) is 0. The van der Waals surface area contributed by atoms with Crippen LogP contribution in [0.5, 0.6) is 5.75 Å². The van der Waals surface area contributed by atoms with Gasteiger partial charge in [-0.15, -0.1) is 0 Å². The van der Waals surface area contributed by atoms with Gasteiger partial charge in [-0.25, -0.2) is 0 Å². The van der Waals surface area contributed by atoms with E-state index in [0.717, 1.165) is 10.8 Å². The highest BCUT2D eigenvalue weighted by atomic mass is 32.2. The van der Waals surface area contributed by atoms with Gasteiger partial charge in [-0.05, 0) is 12.7 Å². The lowest BCUT2D eigenvalue weighted by molar-refractivity contribution is -0.747. The second kappa shape index (κ2) is 2.41. The summed E-state index contributed by atoms with van der Waals surface area (Å²) in [7, 11) is 0. The molecule has 0 aliphatic carbocycles. The molecule has 3 heteroatoms. The van der Waals surface area contributed by atoms with E-state index in [-0.39, 0.29) is 5.75 Å². The summed E-state index contributed by atoms with van der Waals surface area (Å²) in [6.07, 6.45) is 1.97. The van der Waals surface area contributed by atoms with E-state index in [0.29, 0.717) is 6.04 Å². The number of hydrogen-bond donors (Lipinski definition) is 0. The Hall–Kier alpha value is -0.700. The maximum absolute atomic E-state index is 11.2. The molecule has 1 aliphatic rings. The molecule has 58 valence electrons. The Morgan fingerprint density at radius 1 is 1.73 bits per heavy atom. The molecule has 0 fully saturated rings. The molecule has 1 aliphatic heterocycles. The third kappa shape index (κ3) is 0.997. The van der Waals surface area contributed by atoms with Gasteiger partial charge in [-0.3, -0.25) is 0 Å². The van der Waals surface area contributed by atoms with Gasteiger partial charge in [0.1, 0.15) is 0 Å². The summed E-state index contributed by atoms with van der Waals surface area (Å²) in [6, 6.07) is 3.91. The molecular formula is C8H9NOS. The van der Waals surface area contributed by atoms with E-state index in [4.69, 9.17) is 0 Å². The van der Waals surface area contributed by atoms with Crippen LogP contribution in [0.25, 0.3) is 0 Å². The van der Waals surface area contributed by atoms with Crippen molar-refractivity contribution >= 4 is 11.8 Å². The molecule has 0 N–H and O–H groups in total. The number of fused-ring (bicyclic) bond motifs is 1. The Balaban J connectivity index is 2.57. The first-order valence-corrected chi connectivity index (χ1v) is 4.61. The van der Waals surface area contributed by atoms with Gasteiger partial charge in [-0.2, -0.15) is 4.57 Å². The quantitative estimate of drug-likeness (QED) is 0.532. The fourth-order valence-electron chi connectivity index (χ4n) is 1.26. The van der Waals surface area contributed by atoms with Gasteiger partial charge in [0.05, 0.1) is 5.75 Å². The number of aromatic nitrogens is 1. The smallest absolute Gasteiger partial charge is 0.232 e. The molecule has 2 nitrogen and oxygen atoms in total. The highest BCUT2D eigenvalue weighted by Gasteiger charge is 2.26. The zero-order chi connectivity index (χ0) is 7.84. The Morgan fingerprint density at radius 2 is 2.55 bits per heavy atom. The highest BCUT2D eigenvalue weighted by Crippen LogP contribution is 2.30. The van der Waals surface area contributed by atoms with Crippen molar-refractivity contribution < 1.29 is 9.67 Å². The van der Waals surface area contributed by atoms with Gasteiger partial charge in [0.15, 0.2) is 12.2 Å². The van der Waals surface area contributed by atoms with Crippen LogP contribution in [-0.4, -0.2) is 5.75 Å². The van der Waals surface area contributed by atoms with E-state index in [9.17, 15) is 5.11 Å². The van der Waals surface area contributed by atoms with Crippen molar-refractivity contribution in [2.45, 2.75) is 18.0 Å². The standard InChI is InChI=1S/C8H9NOS/c1-6-5-11-8-7(10)3-2-4-9(6)8/h2-4,6H,5H2,1H3. The van der Waals surface area contributed by atoms with Gasteiger partial charge in [0.25, 0.3) is 0 Å². The summed E-state index contributed by atoms with van der Waals surface area (Å²) < 4.78 is 2.05. The van der Waals surface area contributed by atoms with Gasteiger partial charge in [0, 0.05) is 6.07 Å². The van der Waals surface area contributed by atoms with Gasteiger partial charge >= 0.3 is 0 Å². The van der Waals surface area contributed by atoms with Crippen molar-refractivity contribution in [2.75, 3.05) is 5.75 Å². The van der Waals surface area contributed by atoms with Crippen LogP contribution in [0.15, 0.2) is 23.4 Å². The molecule has 2 rings (SSSR count). The SMILES string of the molecule is CC1CSc2c([O-])ccc[n+]21. The van der Waals surface area contributed by atoms with E-state index < -0.39 is 0 Å². The van der Waals surface area contributed by atoms with Crippen LogP contribution in [0, 0.1) is 0 Å². The fourth-order valence-corrected chi connectivity index (χ4v) is 2.42. The monoisotopic (exact) mass is 167 g/mol. The predicted octanol–water partition coefficient (Wildman–Crippen LogP) is 0.714. The molecule has 1 aromatic rings. The van der Waals surface area contributed by atoms with Crippen LogP contribution < -0.4 is 9.67 Å². The number of thioether (sulfide) groups is 1. The summed E-state index contributed by atoms with van der Waals surface area (Å²) in [5.74, 6) is 1.18. The maximum Gasteiger partial charge on any atom is 0.232 e. The van der Waals surface area contributed by atoms with Crippen LogP contribution >= 0.6 is 11.8 Å². The van der Waals surface area contributed by atoms with E-state index >= 15 is 0 Å². The summed E-state index contributed by atoms with van der Waals surface area (Å²) in [6.45, 7) is 2.13. The van der Waals surface area contributed by atoms with Gasteiger partial charge < -0.3 is 5.11 Å².